The van der Waals surface area contributed by atoms with E-state index in [0.29, 0.717) is 18.5 Å². The van der Waals surface area contributed by atoms with Gasteiger partial charge in [0.2, 0.25) is 0 Å². The van der Waals surface area contributed by atoms with Crippen molar-refractivity contribution in [2.75, 3.05) is 19.8 Å². The number of rotatable bonds is 9. The van der Waals surface area contributed by atoms with Crippen LogP contribution < -0.4 is 0 Å². The Hall–Kier alpha value is 0.230. The summed E-state index contributed by atoms with van der Waals surface area (Å²) in [7, 11) is 0. The van der Waals surface area contributed by atoms with Crippen molar-refractivity contribution in [2.45, 2.75) is 57.3 Å². The molecule has 1 atom stereocenters. The number of ether oxygens (including phenoxy) is 2. The van der Waals surface area contributed by atoms with Gasteiger partial charge < -0.3 is 14.6 Å². The zero-order valence-electron chi connectivity index (χ0n) is 11.1. The Morgan fingerprint density at radius 2 is 1.38 bits per heavy atom. The Morgan fingerprint density at radius 1 is 0.938 bits per heavy atom. The highest BCUT2D eigenvalue weighted by Gasteiger charge is 2.15. The summed E-state index contributed by atoms with van der Waals surface area (Å²) in [6.07, 6.45) is 0.484. The van der Waals surface area contributed by atoms with Gasteiger partial charge in [0.1, 0.15) is 0 Å². The summed E-state index contributed by atoms with van der Waals surface area (Å²) in [5, 5.41) is 9.57. The normalized spacial score (nSPS) is 14.1. The van der Waals surface area contributed by atoms with Gasteiger partial charge in [0.15, 0.2) is 0 Å². The summed E-state index contributed by atoms with van der Waals surface area (Å²) in [6, 6.07) is 0. The monoisotopic (exact) mass is 250 g/mol. The second kappa shape index (κ2) is 9.28. The Bertz CT molecular complexity index is 150. The summed E-state index contributed by atoms with van der Waals surface area (Å²) in [5.74, 6) is 0. The van der Waals surface area contributed by atoms with Crippen LogP contribution in [0.2, 0.25) is 0 Å². The first kappa shape index (κ1) is 16.2. The zero-order valence-corrected chi connectivity index (χ0v) is 11.9. The maximum atomic E-state index is 9.04. The van der Waals surface area contributed by atoms with Crippen molar-refractivity contribution in [3.8, 4) is 0 Å². The predicted octanol–water partition coefficient (Wildman–Crippen LogP) is 2.32. The van der Waals surface area contributed by atoms with Crippen molar-refractivity contribution in [2.24, 2.45) is 0 Å². The van der Waals surface area contributed by atoms with Gasteiger partial charge in [-0.25, -0.2) is 0 Å². The minimum absolute atomic E-state index is 0.199. The molecule has 16 heavy (non-hydrogen) atoms. The van der Waals surface area contributed by atoms with Crippen molar-refractivity contribution in [3.05, 3.63) is 0 Å². The molecule has 4 heteroatoms. The number of aliphatic hydroxyl groups excluding tert-OH is 1. The molecule has 0 amide bonds. The molecule has 0 saturated heterocycles. The van der Waals surface area contributed by atoms with E-state index in [9.17, 15) is 0 Å². The highest BCUT2D eigenvalue weighted by Crippen LogP contribution is 2.19. The van der Waals surface area contributed by atoms with Crippen LogP contribution in [0, 0.1) is 0 Å². The van der Waals surface area contributed by atoms with Gasteiger partial charge in [-0.05, 0) is 27.7 Å². The summed E-state index contributed by atoms with van der Waals surface area (Å²) in [5.41, 5.74) is 0. The highest BCUT2D eigenvalue weighted by molar-refractivity contribution is 8.00. The van der Waals surface area contributed by atoms with Crippen LogP contribution in [0.4, 0.5) is 0 Å². The van der Waals surface area contributed by atoms with Crippen molar-refractivity contribution >= 4 is 11.8 Å². The number of hydrogen-bond donors (Lipinski definition) is 1. The second-order valence-electron chi connectivity index (χ2n) is 4.52. The third-order valence-corrected chi connectivity index (χ3v) is 3.18. The van der Waals surface area contributed by atoms with E-state index in [-0.39, 0.29) is 24.1 Å². The maximum Gasteiger partial charge on any atom is 0.0610 e. The van der Waals surface area contributed by atoms with Gasteiger partial charge in [-0.3, -0.25) is 0 Å². The molecule has 0 aliphatic rings. The van der Waals surface area contributed by atoms with Gasteiger partial charge in [0.25, 0.3) is 0 Å². The predicted molar refractivity (Wildman–Crippen MR) is 70.1 cm³/mol. The van der Waals surface area contributed by atoms with Crippen molar-refractivity contribution in [1.82, 2.24) is 0 Å². The summed E-state index contributed by atoms with van der Waals surface area (Å²) in [6.45, 7) is 11.7. The van der Waals surface area contributed by atoms with E-state index >= 15 is 0 Å². The second-order valence-corrected chi connectivity index (χ2v) is 6.26. The molecule has 0 aliphatic heterocycles. The largest absolute Gasteiger partial charge is 0.395 e. The van der Waals surface area contributed by atoms with Crippen molar-refractivity contribution < 1.29 is 14.6 Å². The van der Waals surface area contributed by atoms with Crippen LogP contribution in [0.15, 0.2) is 0 Å². The maximum absolute atomic E-state index is 9.04. The van der Waals surface area contributed by atoms with Crippen LogP contribution in [-0.2, 0) is 9.47 Å². The molecule has 0 unspecified atom stereocenters. The first-order chi connectivity index (χ1) is 7.45. The zero-order chi connectivity index (χ0) is 12.6. The Labute approximate surface area is 104 Å². The first-order valence-electron chi connectivity index (χ1n) is 5.95. The standard InChI is InChI=1S/C12H26O3S/c1-9(2)14-7-12(8-15-10(3)4)16-11(5)6-13/h9-13H,6-8H2,1-5H3/t11-/m0/s1. The molecule has 1 N–H and O–H groups in total. The molecule has 0 rings (SSSR count). The van der Waals surface area contributed by atoms with E-state index in [2.05, 4.69) is 0 Å². The van der Waals surface area contributed by atoms with Gasteiger partial charge in [-0.2, -0.15) is 0 Å². The van der Waals surface area contributed by atoms with Gasteiger partial charge >= 0.3 is 0 Å². The fraction of sp³-hybridized carbons (Fsp3) is 1.00. The lowest BCUT2D eigenvalue weighted by Gasteiger charge is -2.22. The number of aliphatic hydroxyl groups is 1. The molecular weight excluding hydrogens is 224 g/mol. The topological polar surface area (TPSA) is 38.7 Å². The van der Waals surface area contributed by atoms with Crippen molar-refractivity contribution in [3.63, 3.8) is 0 Å². The van der Waals surface area contributed by atoms with Crippen LogP contribution in [0.3, 0.4) is 0 Å². The molecule has 0 bridgehead atoms. The molecule has 0 heterocycles. The fourth-order valence-electron chi connectivity index (χ4n) is 1.10. The fourth-order valence-corrected chi connectivity index (χ4v) is 2.16. The van der Waals surface area contributed by atoms with Crippen LogP contribution in [0.5, 0.6) is 0 Å². The lowest BCUT2D eigenvalue weighted by molar-refractivity contribution is 0.0377. The molecule has 0 aromatic rings. The van der Waals surface area contributed by atoms with E-state index in [1.807, 2.05) is 34.6 Å². The van der Waals surface area contributed by atoms with Crippen LogP contribution in [0.25, 0.3) is 0 Å². The SMILES string of the molecule is CC(C)OCC(COC(C)C)S[C@@H](C)CO. The van der Waals surface area contributed by atoms with E-state index < -0.39 is 0 Å². The van der Waals surface area contributed by atoms with Gasteiger partial charge in [0.05, 0.1) is 37.3 Å². The molecule has 0 fully saturated rings. The Kier molecular flexibility index (Phi) is 9.41. The molecule has 0 saturated carbocycles. The molecule has 0 aromatic carbocycles. The van der Waals surface area contributed by atoms with E-state index in [4.69, 9.17) is 14.6 Å². The average Bonchev–Trinajstić information content (AvgIpc) is 2.21. The third-order valence-electron chi connectivity index (χ3n) is 1.91. The molecular formula is C12H26O3S. The highest BCUT2D eigenvalue weighted by atomic mass is 32.2. The first-order valence-corrected chi connectivity index (χ1v) is 6.89. The molecule has 0 aromatic heterocycles. The number of thioether (sulfide) groups is 1. The van der Waals surface area contributed by atoms with E-state index in [1.54, 1.807) is 11.8 Å². The van der Waals surface area contributed by atoms with Gasteiger partial charge in [-0.15, -0.1) is 11.8 Å². The molecule has 0 spiro atoms. The molecule has 0 radical (unpaired) electrons. The summed E-state index contributed by atoms with van der Waals surface area (Å²) in [4.78, 5) is 0. The lowest BCUT2D eigenvalue weighted by atomic mass is 10.4. The lowest BCUT2D eigenvalue weighted by Crippen LogP contribution is -2.25. The van der Waals surface area contributed by atoms with Crippen molar-refractivity contribution in [1.29, 1.82) is 0 Å². The van der Waals surface area contributed by atoms with E-state index in [0.717, 1.165) is 0 Å². The average molecular weight is 250 g/mol. The van der Waals surface area contributed by atoms with Crippen LogP contribution >= 0.6 is 11.8 Å². The van der Waals surface area contributed by atoms with Gasteiger partial charge in [-0.1, -0.05) is 6.92 Å². The smallest absolute Gasteiger partial charge is 0.0610 e. The summed E-state index contributed by atoms with van der Waals surface area (Å²) < 4.78 is 11.2. The molecule has 98 valence electrons. The Balaban J connectivity index is 3.94. The quantitative estimate of drug-likeness (QED) is 0.681. The van der Waals surface area contributed by atoms with Crippen LogP contribution in [0.1, 0.15) is 34.6 Å². The molecule has 3 nitrogen and oxygen atoms in total. The van der Waals surface area contributed by atoms with Crippen LogP contribution in [-0.4, -0.2) is 47.6 Å². The van der Waals surface area contributed by atoms with Gasteiger partial charge in [0, 0.05) is 5.25 Å². The third kappa shape index (κ3) is 9.46. The number of hydrogen-bond acceptors (Lipinski definition) is 4. The summed E-state index contributed by atoms with van der Waals surface area (Å²) >= 11 is 1.73. The van der Waals surface area contributed by atoms with E-state index in [1.165, 1.54) is 0 Å². The minimum atomic E-state index is 0.199. The molecule has 0 aliphatic carbocycles. The minimum Gasteiger partial charge on any atom is -0.395 e. The Morgan fingerprint density at radius 3 is 1.69 bits per heavy atom.